The number of nitrogens with zero attached hydrogens (tertiary/aromatic N) is 1. The van der Waals surface area contributed by atoms with Crippen molar-refractivity contribution in [1.29, 1.82) is 0 Å². The molecule has 1 aromatic carbocycles. The van der Waals surface area contributed by atoms with Crippen molar-refractivity contribution < 1.29 is 13.6 Å². The van der Waals surface area contributed by atoms with Crippen LogP contribution in [0.15, 0.2) is 18.2 Å². The molecular weight excluding hydrogens is 262 g/mol. The lowest BCUT2D eigenvalue weighted by molar-refractivity contribution is 0.0916. The van der Waals surface area contributed by atoms with E-state index in [1.807, 2.05) is 12.1 Å². The third-order valence-corrected chi connectivity index (χ3v) is 4.76. The summed E-state index contributed by atoms with van der Waals surface area (Å²) in [6.45, 7) is 2.12. The van der Waals surface area contributed by atoms with Gasteiger partial charge in [-0.05, 0) is 24.0 Å². The van der Waals surface area contributed by atoms with Crippen molar-refractivity contribution >= 4 is 11.6 Å². The number of carbonyl (C=O) groups is 1. The van der Waals surface area contributed by atoms with E-state index < -0.39 is 11.8 Å². The first-order valence-electron chi connectivity index (χ1n) is 7.12. The number of amides is 1. The van der Waals surface area contributed by atoms with Crippen LogP contribution in [0.5, 0.6) is 0 Å². The van der Waals surface area contributed by atoms with E-state index in [2.05, 4.69) is 10.2 Å². The lowest BCUT2D eigenvalue weighted by Gasteiger charge is -2.35. The van der Waals surface area contributed by atoms with Gasteiger partial charge in [-0.1, -0.05) is 12.1 Å². The molecule has 3 nitrogen and oxygen atoms in total. The minimum Gasteiger partial charge on any atom is -0.369 e. The number of carbonyl (C=O) groups excluding carboxylic acids is 1. The van der Waals surface area contributed by atoms with Gasteiger partial charge in [0.2, 0.25) is 0 Å². The minimum absolute atomic E-state index is 0.00642. The molecule has 2 atom stereocenters. The SMILES string of the molecule is O=C1NCCN2CCC(C3CC3(F)F)c3cccc1c32. The molecule has 1 N–H and O–H groups in total. The third-order valence-electron chi connectivity index (χ3n) is 4.76. The lowest BCUT2D eigenvalue weighted by atomic mass is 9.84. The maximum atomic E-state index is 13.4. The van der Waals surface area contributed by atoms with Crippen LogP contribution in [-0.4, -0.2) is 31.5 Å². The Kier molecular flexibility index (Phi) is 2.38. The van der Waals surface area contributed by atoms with Crippen LogP contribution < -0.4 is 10.2 Å². The predicted octanol–water partition coefficient (Wildman–Crippen LogP) is 2.38. The zero-order valence-corrected chi connectivity index (χ0v) is 11.0. The Balaban J connectivity index is 1.82. The van der Waals surface area contributed by atoms with Gasteiger partial charge in [-0.15, -0.1) is 0 Å². The van der Waals surface area contributed by atoms with Crippen LogP contribution in [0.4, 0.5) is 14.5 Å². The number of rotatable bonds is 1. The molecule has 1 amide bonds. The Morgan fingerprint density at radius 1 is 1.30 bits per heavy atom. The van der Waals surface area contributed by atoms with Gasteiger partial charge in [0, 0.05) is 32.0 Å². The van der Waals surface area contributed by atoms with Gasteiger partial charge < -0.3 is 10.2 Å². The number of hydrogen-bond acceptors (Lipinski definition) is 2. The average Bonchev–Trinajstić information content (AvgIpc) is 3.09. The summed E-state index contributed by atoms with van der Waals surface area (Å²) in [6.07, 6.45) is 0.748. The molecule has 5 heteroatoms. The smallest absolute Gasteiger partial charge is 0.253 e. The van der Waals surface area contributed by atoms with Gasteiger partial charge in [-0.2, -0.15) is 0 Å². The fourth-order valence-corrected chi connectivity index (χ4v) is 3.67. The molecule has 2 heterocycles. The summed E-state index contributed by atoms with van der Waals surface area (Å²) < 4.78 is 26.9. The molecule has 0 radical (unpaired) electrons. The largest absolute Gasteiger partial charge is 0.369 e. The third kappa shape index (κ3) is 1.65. The predicted molar refractivity (Wildman–Crippen MR) is 71.4 cm³/mol. The molecule has 0 aromatic heterocycles. The summed E-state index contributed by atoms with van der Waals surface area (Å²) in [6, 6.07) is 5.53. The van der Waals surface area contributed by atoms with E-state index in [4.69, 9.17) is 0 Å². The molecule has 3 aliphatic rings. The van der Waals surface area contributed by atoms with Crippen molar-refractivity contribution in [2.75, 3.05) is 24.5 Å². The zero-order valence-electron chi connectivity index (χ0n) is 11.0. The van der Waals surface area contributed by atoms with E-state index in [-0.39, 0.29) is 18.2 Å². The van der Waals surface area contributed by atoms with Crippen LogP contribution in [0.1, 0.15) is 34.7 Å². The maximum Gasteiger partial charge on any atom is 0.253 e. The van der Waals surface area contributed by atoms with Gasteiger partial charge in [0.25, 0.3) is 11.8 Å². The second-order valence-corrected chi connectivity index (χ2v) is 5.95. The number of alkyl halides is 2. The topological polar surface area (TPSA) is 32.3 Å². The molecule has 1 aliphatic carbocycles. The molecule has 0 bridgehead atoms. The highest BCUT2D eigenvalue weighted by atomic mass is 19.3. The van der Waals surface area contributed by atoms with Gasteiger partial charge in [0.05, 0.1) is 11.3 Å². The fraction of sp³-hybridized carbons (Fsp3) is 0.533. The Hall–Kier alpha value is -1.65. The summed E-state index contributed by atoms with van der Waals surface area (Å²) in [7, 11) is 0. The number of nitrogens with one attached hydrogen (secondary N) is 1. The van der Waals surface area contributed by atoms with Gasteiger partial charge in [-0.3, -0.25) is 4.79 Å². The molecule has 20 heavy (non-hydrogen) atoms. The Morgan fingerprint density at radius 2 is 2.10 bits per heavy atom. The lowest BCUT2D eigenvalue weighted by Crippen LogP contribution is -2.35. The molecule has 2 unspecified atom stereocenters. The molecule has 0 saturated heterocycles. The molecule has 1 aromatic rings. The second-order valence-electron chi connectivity index (χ2n) is 5.95. The van der Waals surface area contributed by atoms with Crippen LogP contribution in [0.2, 0.25) is 0 Å². The number of benzene rings is 1. The summed E-state index contributed by atoms with van der Waals surface area (Å²) >= 11 is 0. The van der Waals surface area contributed by atoms with Crippen molar-refractivity contribution in [2.45, 2.75) is 24.7 Å². The molecular formula is C15H16F2N2O. The second kappa shape index (κ2) is 3.93. The molecule has 4 rings (SSSR count). The summed E-state index contributed by atoms with van der Waals surface area (Å²) in [4.78, 5) is 14.2. The monoisotopic (exact) mass is 278 g/mol. The van der Waals surface area contributed by atoms with Crippen LogP contribution in [0.25, 0.3) is 0 Å². The highest BCUT2D eigenvalue weighted by Crippen LogP contribution is 2.59. The van der Waals surface area contributed by atoms with Crippen molar-refractivity contribution in [3.63, 3.8) is 0 Å². The van der Waals surface area contributed by atoms with E-state index in [1.54, 1.807) is 6.07 Å². The van der Waals surface area contributed by atoms with Crippen molar-refractivity contribution in [1.82, 2.24) is 5.32 Å². The van der Waals surface area contributed by atoms with Gasteiger partial charge in [0.15, 0.2) is 0 Å². The highest BCUT2D eigenvalue weighted by Gasteiger charge is 2.61. The van der Waals surface area contributed by atoms with Gasteiger partial charge in [0.1, 0.15) is 0 Å². The molecule has 2 aliphatic heterocycles. The van der Waals surface area contributed by atoms with E-state index >= 15 is 0 Å². The Labute approximate surface area is 116 Å². The van der Waals surface area contributed by atoms with Crippen molar-refractivity contribution in [2.24, 2.45) is 5.92 Å². The number of para-hydroxylation sites is 1. The number of anilines is 1. The highest BCUT2D eigenvalue weighted by molar-refractivity contribution is 6.01. The molecule has 106 valence electrons. The first-order chi connectivity index (χ1) is 9.58. The molecule has 0 spiro atoms. The number of halogens is 2. The first-order valence-corrected chi connectivity index (χ1v) is 7.12. The normalized spacial score (nSPS) is 30.3. The van der Waals surface area contributed by atoms with Crippen LogP contribution in [0, 0.1) is 5.92 Å². The van der Waals surface area contributed by atoms with Gasteiger partial charge in [-0.25, -0.2) is 8.78 Å². The van der Waals surface area contributed by atoms with E-state index in [1.165, 1.54) is 0 Å². The molecule has 1 saturated carbocycles. The zero-order chi connectivity index (χ0) is 13.9. The van der Waals surface area contributed by atoms with Crippen LogP contribution in [-0.2, 0) is 0 Å². The van der Waals surface area contributed by atoms with Gasteiger partial charge >= 0.3 is 0 Å². The minimum atomic E-state index is -2.51. The van der Waals surface area contributed by atoms with Crippen LogP contribution >= 0.6 is 0 Å². The van der Waals surface area contributed by atoms with Crippen molar-refractivity contribution in [3.8, 4) is 0 Å². The quantitative estimate of drug-likeness (QED) is 0.855. The summed E-state index contributed by atoms with van der Waals surface area (Å²) in [5, 5.41) is 2.87. The summed E-state index contributed by atoms with van der Waals surface area (Å²) in [5.74, 6) is -3.25. The Bertz CT molecular complexity index is 587. The Morgan fingerprint density at radius 3 is 2.85 bits per heavy atom. The average molecular weight is 278 g/mol. The van der Waals surface area contributed by atoms with Crippen LogP contribution in [0.3, 0.4) is 0 Å². The van der Waals surface area contributed by atoms with E-state index in [0.29, 0.717) is 12.1 Å². The molecule has 1 fully saturated rings. The maximum absolute atomic E-state index is 13.4. The van der Waals surface area contributed by atoms with E-state index in [0.717, 1.165) is 30.8 Å². The van der Waals surface area contributed by atoms with Crippen molar-refractivity contribution in [3.05, 3.63) is 29.3 Å². The summed E-state index contributed by atoms with van der Waals surface area (Å²) in [5.41, 5.74) is 2.46. The van der Waals surface area contributed by atoms with E-state index in [9.17, 15) is 13.6 Å². The first kappa shape index (κ1) is 12.1. The number of hydrogen-bond donors (Lipinski definition) is 1. The fourth-order valence-electron chi connectivity index (χ4n) is 3.67. The standard InChI is InChI=1S/C15H16F2N2O/c16-15(17)8-12(15)9-4-6-19-7-5-18-14(20)11-3-1-2-10(9)13(11)19/h1-3,9,12H,4-8H2,(H,18,20).